The van der Waals surface area contributed by atoms with Crippen molar-refractivity contribution in [3.05, 3.63) is 42.1 Å². The summed E-state index contributed by atoms with van der Waals surface area (Å²) in [5.74, 6) is 0. The average molecular weight is 259 g/mol. The van der Waals surface area contributed by atoms with E-state index in [2.05, 4.69) is 22.2 Å². The number of benzene rings is 1. The number of nitrogens with zero attached hydrogens (tertiary/aromatic N) is 3. The van der Waals surface area contributed by atoms with Crippen molar-refractivity contribution in [2.24, 2.45) is 0 Å². The van der Waals surface area contributed by atoms with Gasteiger partial charge in [-0.1, -0.05) is 40.4 Å². The van der Waals surface area contributed by atoms with Crippen molar-refractivity contribution in [3.8, 4) is 11.3 Å². The SMILES string of the molecule is Cc1cc(-c2ccccc2)[n+]2nc([S-])sc2n1. The first-order valence-corrected chi connectivity index (χ1v) is 6.39. The lowest BCUT2D eigenvalue weighted by atomic mass is 10.1. The molecule has 2 heterocycles. The van der Waals surface area contributed by atoms with Crippen molar-refractivity contribution in [1.29, 1.82) is 0 Å². The molecule has 17 heavy (non-hydrogen) atoms. The minimum atomic E-state index is 0.611. The molecule has 0 N–H and O–H groups in total. The summed E-state index contributed by atoms with van der Waals surface area (Å²) in [5.41, 5.74) is 3.12. The largest absolute Gasteiger partial charge is 0.404 e. The van der Waals surface area contributed by atoms with Crippen LogP contribution in [0.4, 0.5) is 0 Å². The van der Waals surface area contributed by atoms with Gasteiger partial charge in [0.15, 0.2) is 11.4 Å². The minimum absolute atomic E-state index is 0.611. The van der Waals surface area contributed by atoms with E-state index in [0.29, 0.717) is 4.34 Å². The third-order valence-corrected chi connectivity index (χ3v) is 3.49. The van der Waals surface area contributed by atoms with Crippen LogP contribution in [-0.2, 0) is 12.6 Å². The fourth-order valence-electron chi connectivity index (χ4n) is 1.75. The number of rotatable bonds is 1. The summed E-state index contributed by atoms with van der Waals surface area (Å²) in [6, 6.07) is 12.2. The Balaban J connectivity index is 2.35. The molecule has 0 aliphatic rings. The number of fused-ring (bicyclic) bond motifs is 1. The van der Waals surface area contributed by atoms with E-state index in [9.17, 15) is 0 Å². The molecule has 1 aromatic carbocycles. The Bertz CT molecular complexity index is 677. The number of hydrogen-bond acceptors (Lipinski definition) is 4. The van der Waals surface area contributed by atoms with Crippen LogP contribution >= 0.6 is 11.3 Å². The van der Waals surface area contributed by atoms with Crippen LogP contribution in [0.5, 0.6) is 0 Å². The second-order valence-corrected chi connectivity index (χ2v) is 5.31. The lowest BCUT2D eigenvalue weighted by Crippen LogP contribution is -2.27. The summed E-state index contributed by atoms with van der Waals surface area (Å²) < 4.78 is 2.43. The Morgan fingerprint density at radius 3 is 2.76 bits per heavy atom. The fraction of sp³-hybridized carbons (Fsp3) is 0.0833. The van der Waals surface area contributed by atoms with Gasteiger partial charge in [0.05, 0.1) is 0 Å². The molecule has 0 aliphatic heterocycles. The Labute approximate surface area is 108 Å². The molecule has 3 rings (SSSR count). The van der Waals surface area contributed by atoms with Gasteiger partial charge in [-0.05, 0) is 0 Å². The molecule has 0 spiro atoms. The van der Waals surface area contributed by atoms with Gasteiger partial charge in [-0.15, -0.1) is 4.52 Å². The van der Waals surface area contributed by atoms with E-state index in [1.807, 2.05) is 35.7 Å². The van der Waals surface area contributed by atoms with E-state index in [4.69, 9.17) is 12.6 Å². The Kier molecular flexibility index (Phi) is 2.49. The summed E-state index contributed by atoms with van der Waals surface area (Å²) in [6.45, 7) is 1.98. The van der Waals surface area contributed by atoms with E-state index < -0.39 is 0 Å². The highest BCUT2D eigenvalue weighted by Crippen LogP contribution is 2.18. The van der Waals surface area contributed by atoms with Crippen LogP contribution in [-0.4, -0.2) is 10.1 Å². The Hall–Kier alpha value is -1.59. The van der Waals surface area contributed by atoms with Crippen LogP contribution < -0.4 is 4.52 Å². The highest BCUT2D eigenvalue weighted by Gasteiger charge is 2.13. The zero-order chi connectivity index (χ0) is 11.8. The molecule has 3 aromatic rings. The summed E-state index contributed by atoms with van der Waals surface area (Å²) in [6.07, 6.45) is 0. The number of aromatic nitrogens is 3. The minimum Gasteiger partial charge on any atom is -0.404 e. The second kappa shape index (κ2) is 4.01. The van der Waals surface area contributed by atoms with Crippen LogP contribution in [0.25, 0.3) is 16.2 Å². The third-order valence-electron chi connectivity index (χ3n) is 2.46. The average Bonchev–Trinajstić information content (AvgIpc) is 2.69. The van der Waals surface area contributed by atoms with Crippen molar-refractivity contribution in [2.75, 3.05) is 0 Å². The summed E-state index contributed by atoms with van der Waals surface area (Å²) in [4.78, 5) is 5.28. The molecule has 2 aromatic heterocycles. The lowest BCUT2D eigenvalue weighted by molar-refractivity contribution is -0.569. The van der Waals surface area contributed by atoms with Crippen LogP contribution in [0.3, 0.4) is 0 Å². The first-order valence-electron chi connectivity index (χ1n) is 5.17. The van der Waals surface area contributed by atoms with Gasteiger partial charge in [-0.2, -0.15) is 0 Å². The summed E-state index contributed by atoms with van der Waals surface area (Å²) in [7, 11) is 0. The Morgan fingerprint density at radius 1 is 1.24 bits per heavy atom. The fourth-order valence-corrected chi connectivity index (χ4v) is 2.75. The van der Waals surface area contributed by atoms with E-state index in [0.717, 1.165) is 21.9 Å². The van der Waals surface area contributed by atoms with Crippen molar-refractivity contribution < 1.29 is 4.52 Å². The van der Waals surface area contributed by atoms with Crippen LogP contribution in [0.15, 0.2) is 40.7 Å². The highest BCUT2D eigenvalue weighted by atomic mass is 32.2. The molecule has 0 aliphatic carbocycles. The zero-order valence-corrected chi connectivity index (χ0v) is 10.8. The molecular weight excluding hydrogens is 250 g/mol. The molecule has 0 fully saturated rings. The Morgan fingerprint density at radius 2 is 2.00 bits per heavy atom. The summed E-state index contributed by atoms with van der Waals surface area (Å²) >= 11 is 6.54. The maximum absolute atomic E-state index is 5.11. The maximum Gasteiger partial charge on any atom is 0.315 e. The first kappa shape index (κ1) is 10.6. The van der Waals surface area contributed by atoms with Gasteiger partial charge in [0, 0.05) is 22.9 Å². The molecule has 3 nitrogen and oxygen atoms in total. The zero-order valence-electron chi connectivity index (χ0n) is 9.12. The van der Waals surface area contributed by atoms with E-state index in [1.165, 1.54) is 11.3 Å². The van der Waals surface area contributed by atoms with Crippen molar-refractivity contribution in [1.82, 2.24) is 10.1 Å². The van der Waals surface area contributed by atoms with E-state index in [1.54, 1.807) is 0 Å². The van der Waals surface area contributed by atoms with Gasteiger partial charge in [-0.3, -0.25) is 11.3 Å². The standard InChI is InChI=1S/C12H9N3S2/c1-8-7-10(9-5-3-2-4-6-9)15-11(13-8)17-12(16)14-15/h2-7H,1H3. The molecule has 0 bridgehead atoms. The van der Waals surface area contributed by atoms with E-state index >= 15 is 0 Å². The predicted octanol–water partition coefficient (Wildman–Crippen LogP) is 2.16. The molecule has 84 valence electrons. The second-order valence-electron chi connectivity index (χ2n) is 3.71. The van der Waals surface area contributed by atoms with Crippen LogP contribution in [0.2, 0.25) is 0 Å². The van der Waals surface area contributed by atoms with Gasteiger partial charge in [0.2, 0.25) is 0 Å². The molecular formula is C12H9N3S2. The smallest absolute Gasteiger partial charge is 0.315 e. The molecule has 0 atom stereocenters. The molecule has 5 heteroatoms. The van der Waals surface area contributed by atoms with Crippen LogP contribution in [0, 0.1) is 6.92 Å². The molecule has 0 radical (unpaired) electrons. The predicted molar refractivity (Wildman–Crippen MR) is 68.9 cm³/mol. The van der Waals surface area contributed by atoms with Crippen molar-refractivity contribution in [2.45, 2.75) is 11.3 Å². The number of aryl methyl sites for hydroxylation is 1. The van der Waals surface area contributed by atoms with Gasteiger partial charge >= 0.3 is 4.96 Å². The maximum atomic E-state index is 5.11. The molecule has 0 unspecified atom stereocenters. The van der Waals surface area contributed by atoms with E-state index in [-0.39, 0.29) is 0 Å². The van der Waals surface area contributed by atoms with Gasteiger partial charge in [0.1, 0.15) is 0 Å². The van der Waals surface area contributed by atoms with Crippen molar-refractivity contribution in [3.63, 3.8) is 0 Å². The van der Waals surface area contributed by atoms with Crippen LogP contribution in [0.1, 0.15) is 5.69 Å². The molecule has 0 saturated carbocycles. The topological polar surface area (TPSA) is 29.9 Å². The summed E-state index contributed by atoms with van der Waals surface area (Å²) in [5, 5.41) is 4.32. The lowest BCUT2D eigenvalue weighted by Gasteiger charge is -1.98. The van der Waals surface area contributed by atoms with Gasteiger partial charge < -0.3 is 12.6 Å². The molecule has 0 amide bonds. The third kappa shape index (κ3) is 1.87. The number of hydrogen-bond donors (Lipinski definition) is 0. The quantitative estimate of drug-likeness (QED) is 0.495. The van der Waals surface area contributed by atoms with Crippen molar-refractivity contribution >= 4 is 28.9 Å². The van der Waals surface area contributed by atoms with Gasteiger partial charge in [0.25, 0.3) is 0 Å². The molecule has 0 saturated heterocycles. The monoisotopic (exact) mass is 259 g/mol. The highest BCUT2D eigenvalue weighted by molar-refractivity contribution is 7.62. The normalized spacial score (nSPS) is 10.9. The van der Waals surface area contributed by atoms with Gasteiger partial charge in [-0.25, -0.2) is 0 Å². The first-order chi connectivity index (χ1) is 8.24.